The molecule has 0 saturated carbocycles. The second-order valence-electron chi connectivity index (χ2n) is 5.37. The third-order valence-electron chi connectivity index (χ3n) is 3.65. The summed E-state index contributed by atoms with van der Waals surface area (Å²) in [5, 5.41) is 0. The highest BCUT2D eigenvalue weighted by molar-refractivity contribution is 5.92. The van der Waals surface area contributed by atoms with Gasteiger partial charge in [-0.25, -0.2) is 0 Å². The van der Waals surface area contributed by atoms with Crippen LogP contribution in [0.1, 0.15) is 51.5 Å². The second-order valence-corrected chi connectivity index (χ2v) is 5.37. The van der Waals surface area contributed by atoms with Gasteiger partial charge in [0.1, 0.15) is 0 Å². The Kier molecular flexibility index (Phi) is 6.03. The molecule has 0 bridgehead atoms. The van der Waals surface area contributed by atoms with Gasteiger partial charge in [0.25, 0.3) is 0 Å². The molecule has 2 N–H and O–H groups in total. The number of carbonyl (C=O) groups is 1. The van der Waals surface area contributed by atoms with E-state index in [1.807, 2.05) is 26.1 Å². The van der Waals surface area contributed by atoms with Crippen LogP contribution in [0.3, 0.4) is 0 Å². The lowest BCUT2D eigenvalue weighted by Crippen LogP contribution is -2.28. The molecular weight excluding hydrogens is 236 g/mol. The molecule has 1 rings (SSSR count). The van der Waals surface area contributed by atoms with Crippen molar-refractivity contribution >= 4 is 11.6 Å². The summed E-state index contributed by atoms with van der Waals surface area (Å²) in [6.07, 6.45) is 2.36. The zero-order chi connectivity index (χ0) is 14.4. The minimum Gasteiger partial charge on any atom is -0.328 e. The van der Waals surface area contributed by atoms with Gasteiger partial charge < -0.3 is 10.6 Å². The number of rotatable bonds is 6. The van der Waals surface area contributed by atoms with Crippen molar-refractivity contribution in [3.05, 3.63) is 29.8 Å². The Morgan fingerprint density at radius 3 is 2.32 bits per heavy atom. The molecule has 2 atom stereocenters. The molecule has 2 unspecified atom stereocenters. The first-order valence-corrected chi connectivity index (χ1v) is 7.07. The van der Waals surface area contributed by atoms with E-state index in [2.05, 4.69) is 26.0 Å². The van der Waals surface area contributed by atoms with Crippen molar-refractivity contribution in [2.24, 2.45) is 5.73 Å². The van der Waals surface area contributed by atoms with Crippen molar-refractivity contribution in [1.29, 1.82) is 0 Å². The van der Waals surface area contributed by atoms with E-state index in [0.717, 1.165) is 18.5 Å². The standard InChI is InChI=1S/C16H26N2O/c1-5-12(2)14-7-9-15(10-8-14)18(4)16(19)11-6-13(3)17/h7-10,12-13H,5-6,11,17H2,1-4H3. The van der Waals surface area contributed by atoms with Crippen molar-refractivity contribution in [2.75, 3.05) is 11.9 Å². The topological polar surface area (TPSA) is 46.3 Å². The molecule has 1 aromatic carbocycles. The first-order chi connectivity index (χ1) is 8.95. The molecule has 0 aliphatic carbocycles. The van der Waals surface area contributed by atoms with Crippen LogP contribution < -0.4 is 10.6 Å². The van der Waals surface area contributed by atoms with Gasteiger partial charge in [-0.2, -0.15) is 0 Å². The number of hydrogen-bond acceptors (Lipinski definition) is 2. The molecule has 0 saturated heterocycles. The lowest BCUT2D eigenvalue weighted by molar-refractivity contribution is -0.118. The zero-order valence-electron chi connectivity index (χ0n) is 12.5. The van der Waals surface area contributed by atoms with E-state index in [-0.39, 0.29) is 11.9 Å². The van der Waals surface area contributed by atoms with E-state index in [9.17, 15) is 4.79 Å². The number of nitrogens with zero attached hydrogens (tertiary/aromatic N) is 1. The average Bonchev–Trinajstić information content (AvgIpc) is 2.43. The minimum absolute atomic E-state index is 0.0742. The lowest BCUT2D eigenvalue weighted by atomic mass is 9.98. The molecular formula is C16H26N2O. The number of benzene rings is 1. The summed E-state index contributed by atoms with van der Waals surface area (Å²) in [6, 6.07) is 8.33. The Hall–Kier alpha value is -1.35. The number of hydrogen-bond donors (Lipinski definition) is 1. The average molecular weight is 262 g/mol. The summed E-state index contributed by atoms with van der Waals surface area (Å²) < 4.78 is 0. The van der Waals surface area contributed by atoms with Gasteiger partial charge in [-0.05, 0) is 43.4 Å². The predicted octanol–water partition coefficient (Wildman–Crippen LogP) is 3.29. The Balaban J connectivity index is 2.67. The Labute approximate surface area is 116 Å². The fraction of sp³-hybridized carbons (Fsp3) is 0.562. The van der Waals surface area contributed by atoms with E-state index in [1.54, 1.807) is 4.90 Å². The number of carbonyl (C=O) groups excluding carboxylic acids is 1. The Bertz CT molecular complexity index is 398. The highest BCUT2D eigenvalue weighted by atomic mass is 16.2. The van der Waals surface area contributed by atoms with Crippen LogP contribution in [0.5, 0.6) is 0 Å². The maximum Gasteiger partial charge on any atom is 0.226 e. The van der Waals surface area contributed by atoms with Crippen molar-refractivity contribution < 1.29 is 4.79 Å². The molecule has 0 heterocycles. The smallest absolute Gasteiger partial charge is 0.226 e. The molecule has 0 fully saturated rings. The maximum atomic E-state index is 12.0. The molecule has 106 valence electrons. The summed E-state index contributed by atoms with van der Waals surface area (Å²) in [7, 11) is 1.82. The molecule has 3 heteroatoms. The van der Waals surface area contributed by atoms with Gasteiger partial charge in [0.15, 0.2) is 0 Å². The molecule has 0 radical (unpaired) electrons. The maximum absolute atomic E-state index is 12.0. The van der Waals surface area contributed by atoms with Crippen LogP contribution in [0.25, 0.3) is 0 Å². The number of anilines is 1. The Morgan fingerprint density at radius 1 is 1.26 bits per heavy atom. The molecule has 0 aromatic heterocycles. The quantitative estimate of drug-likeness (QED) is 0.855. The van der Waals surface area contributed by atoms with E-state index in [1.165, 1.54) is 5.56 Å². The van der Waals surface area contributed by atoms with Gasteiger partial charge in [0.05, 0.1) is 0 Å². The minimum atomic E-state index is 0.0742. The van der Waals surface area contributed by atoms with Crippen LogP contribution in [0.2, 0.25) is 0 Å². The fourth-order valence-electron chi connectivity index (χ4n) is 1.93. The van der Waals surface area contributed by atoms with Gasteiger partial charge in [-0.1, -0.05) is 26.0 Å². The SMILES string of the molecule is CCC(C)c1ccc(N(C)C(=O)CCC(C)N)cc1. The van der Waals surface area contributed by atoms with Gasteiger partial charge in [-0.3, -0.25) is 4.79 Å². The van der Waals surface area contributed by atoms with Crippen LogP contribution in [0, 0.1) is 0 Å². The molecule has 19 heavy (non-hydrogen) atoms. The molecule has 0 aliphatic heterocycles. The highest BCUT2D eigenvalue weighted by Crippen LogP contribution is 2.22. The summed E-state index contributed by atoms with van der Waals surface area (Å²) in [5.41, 5.74) is 7.95. The van der Waals surface area contributed by atoms with Gasteiger partial charge in [-0.15, -0.1) is 0 Å². The van der Waals surface area contributed by atoms with Crippen LogP contribution in [0.4, 0.5) is 5.69 Å². The van der Waals surface area contributed by atoms with Crippen molar-refractivity contribution in [3.63, 3.8) is 0 Å². The summed E-state index contributed by atoms with van der Waals surface area (Å²) >= 11 is 0. The summed E-state index contributed by atoms with van der Waals surface area (Å²) in [5.74, 6) is 0.682. The van der Waals surface area contributed by atoms with Crippen molar-refractivity contribution in [2.45, 2.75) is 52.0 Å². The lowest BCUT2D eigenvalue weighted by Gasteiger charge is -2.19. The summed E-state index contributed by atoms with van der Waals surface area (Å²) in [4.78, 5) is 13.7. The van der Waals surface area contributed by atoms with E-state index in [0.29, 0.717) is 12.3 Å². The molecule has 0 spiro atoms. The van der Waals surface area contributed by atoms with Crippen LogP contribution >= 0.6 is 0 Å². The zero-order valence-corrected chi connectivity index (χ0v) is 12.5. The third kappa shape index (κ3) is 4.67. The molecule has 3 nitrogen and oxygen atoms in total. The second kappa shape index (κ2) is 7.29. The highest BCUT2D eigenvalue weighted by Gasteiger charge is 2.12. The van der Waals surface area contributed by atoms with Crippen LogP contribution in [0.15, 0.2) is 24.3 Å². The number of amides is 1. The molecule has 1 aromatic rings. The summed E-state index contributed by atoms with van der Waals surface area (Å²) in [6.45, 7) is 6.32. The predicted molar refractivity (Wildman–Crippen MR) is 81.4 cm³/mol. The third-order valence-corrected chi connectivity index (χ3v) is 3.65. The Morgan fingerprint density at radius 2 is 1.84 bits per heavy atom. The van der Waals surface area contributed by atoms with E-state index < -0.39 is 0 Å². The van der Waals surface area contributed by atoms with Gasteiger partial charge >= 0.3 is 0 Å². The van der Waals surface area contributed by atoms with Gasteiger partial charge in [0, 0.05) is 25.2 Å². The van der Waals surface area contributed by atoms with Gasteiger partial charge in [0.2, 0.25) is 5.91 Å². The monoisotopic (exact) mass is 262 g/mol. The largest absolute Gasteiger partial charge is 0.328 e. The first kappa shape index (κ1) is 15.7. The van der Waals surface area contributed by atoms with Crippen LogP contribution in [-0.4, -0.2) is 19.0 Å². The number of nitrogens with two attached hydrogens (primary N) is 1. The van der Waals surface area contributed by atoms with E-state index >= 15 is 0 Å². The van der Waals surface area contributed by atoms with Crippen molar-refractivity contribution in [1.82, 2.24) is 0 Å². The van der Waals surface area contributed by atoms with E-state index in [4.69, 9.17) is 5.73 Å². The van der Waals surface area contributed by atoms with Crippen LogP contribution in [-0.2, 0) is 4.79 Å². The van der Waals surface area contributed by atoms with Crippen molar-refractivity contribution in [3.8, 4) is 0 Å². The molecule has 1 amide bonds. The molecule has 0 aliphatic rings. The fourth-order valence-corrected chi connectivity index (χ4v) is 1.93. The first-order valence-electron chi connectivity index (χ1n) is 7.07. The normalized spacial score (nSPS) is 13.9.